The summed E-state index contributed by atoms with van der Waals surface area (Å²) in [5.74, 6) is -0.428. The number of carbonyl (C=O) groups is 2. The van der Waals surface area contributed by atoms with Crippen LogP contribution in [0.25, 0.3) is 22.6 Å². The van der Waals surface area contributed by atoms with Crippen LogP contribution in [0.3, 0.4) is 0 Å². The quantitative estimate of drug-likeness (QED) is 0.420. The maximum absolute atomic E-state index is 15.2. The Kier molecular flexibility index (Phi) is 5.99. The van der Waals surface area contributed by atoms with Gasteiger partial charge >= 0.3 is 0 Å². The molecule has 1 fully saturated rings. The van der Waals surface area contributed by atoms with Crippen molar-refractivity contribution < 1.29 is 14.0 Å². The first-order valence-corrected chi connectivity index (χ1v) is 12.4. The van der Waals surface area contributed by atoms with Crippen LogP contribution in [0.2, 0.25) is 5.02 Å². The molecule has 38 heavy (non-hydrogen) atoms. The Morgan fingerprint density at radius 3 is 2.68 bits per heavy atom. The predicted octanol–water partition coefficient (Wildman–Crippen LogP) is 3.64. The monoisotopic (exact) mass is 532 g/mol. The van der Waals surface area contributed by atoms with E-state index in [0.717, 1.165) is 11.4 Å². The molecule has 1 unspecified atom stereocenters. The molecule has 6 rings (SSSR count). The number of aromatic nitrogens is 6. The molecule has 2 aliphatic rings. The average molecular weight is 533 g/mol. The third-order valence-corrected chi connectivity index (χ3v) is 7.33. The van der Waals surface area contributed by atoms with Gasteiger partial charge in [0.15, 0.2) is 5.82 Å². The number of nitrogens with one attached hydrogen (secondary N) is 1. The first kappa shape index (κ1) is 24.0. The van der Waals surface area contributed by atoms with E-state index in [0.29, 0.717) is 36.2 Å². The van der Waals surface area contributed by atoms with Crippen LogP contribution in [-0.2, 0) is 16.6 Å². The van der Waals surface area contributed by atoms with Crippen LogP contribution in [-0.4, -0.2) is 58.6 Å². The minimum atomic E-state index is -0.645. The number of rotatable bonds is 5. The highest BCUT2D eigenvalue weighted by molar-refractivity contribution is 6.31. The lowest BCUT2D eigenvalue weighted by atomic mass is 9.92. The Balaban J connectivity index is 1.23. The first-order valence-electron chi connectivity index (χ1n) is 12.0. The van der Waals surface area contributed by atoms with E-state index in [4.69, 9.17) is 11.6 Å². The maximum Gasteiger partial charge on any atom is 0.247 e. The zero-order chi connectivity index (χ0) is 26.4. The van der Waals surface area contributed by atoms with Gasteiger partial charge in [0.2, 0.25) is 11.8 Å². The molecule has 12 heteroatoms. The molecule has 1 N–H and O–H groups in total. The van der Waals surface area contributed by atoms with Gasteiger partial charge in [0.25, 0.3) is 0 Å². The lowest BCUT2D eigenvalue weighted by Gasteiger charge is -2.33. The summed E-state index contributed by atoms with van der Waals surface area (Å²) >= 11 is 6.09. The first-order chi connectivity index (χ1) is 18.4. The summed E-state index contributed by atoms with van der Waals surface area (Å²) in [5, 5.41) is 14.0. The van der Waals surface area contributed by atoms with E-state index in [-0.39, 0.29) is 28.4 Å². The zero-order valence-corrected chi connectivity index (χ0v) is 21.0. The second kappa shape index (κ2) is 9.49. The average Bonchev–Trinajstić information content (AvgIpc) is 3.67. The fraction of sp³-hybridized carbons (Fsp3) is 0.231. The second-order valence-electron chi connectivity index (χ2n) is 9.30. The number of benzene rings is 2. The fourth-order valence-corrected chi connectivity index (χ4v) is 5.42. The standard InChI is InChI=1S/C26H22ClFN8O2/c1-34-11-10-29-25(34)15-2-4-17(5-3-15)31-26(38)21-8-6-18-12-16(13-22(37)36(18)21)23-20(35-14-30-32-33-35)9-7-19(27)24(23)28/h2-5,7,9-11,13-14,18,21H,6,8,12H2,1H3,(H,31,38)/t18?,21-/m0/s1. The van der Waals surface area contributed by atoms with Crippen molar-refractivity contribution in [2.75, 3.05) is 5.32 Å². The van der Waals surface area contributed by atoms with Crippen LogP contribution in [0.5, 0.6) is 0 Å². The van der Waals surface area contributed by atoms with E-state index in [1.165, 1.54) is 23.2 Å². The summed E-state index contributed by atoms with van der Waals surface area (Å²) < 4.78 is 18.5. The molecule has 0 saturated carbocycles. The fourth-order valence-electron chi connectivity index (χ4n) is 5.27. The number of nitrogens with zero attached hydrogens (tertiary/aromatic N) is 7. The summed E-state index contributed by atoms with van der Waals surface area (Å²) in [7, 11) is 1.91. The van der Waals surface area contributed by atoms with E-state index in [1.807, 2.05) is 42.1 Å². The minimum absolute atomic E-state index is 0.0646. The molecule has 0 spiro atoms. The molecule has 10 nitrogen and oxygen atoms in total. The smallest absolute Gasteiger partial charge is 0.247 e. The molecular formula is C26H22ClFN8O2. The van der Waals surface area contributed by atoms with Crippen molar-refractivity contribution in [2.45, 2.75) is 31.3 Å². The Hall–Kier alpha value is -4.38. The van der Waals surface area contributed by atoms with E-state index in [2.05, 4.69) is 25.8 Å². The predicted molar refractivity (Wildman–Crippen MR) is 138 cm³/mol. The summed E-state index contributed by atoms with van der Waals surface area (Å²) in [6, 6.07) is 9.56. The Morgan fingerprint density at radius 2 is 1.97 bits per heavy atom. The second-order valence-corrected chi connectivity index (χ2v) is 9.71. The van der Waals surface area contributed by atoms with Gasteiger partial charge in [-0.1, -0.05) is 11.6 Å². The lowest BCUT2D eigenvalue weighted by Crippen LogP contribution is -2.48. The van der Waals surface area contributed by atoms with Gasteiger partial charge in [0.1, 0.15) is 18.2 Å². The lowest BCUT2D eigenvalue weighted by molar-refractivity contribution is -0.135. The van der Waals surface area contributed by atoms with E-state index in [1.54, 1.807) is 17.2 Å². The third-order valence-electron chi connectivity index (χ3n) is 7.03. The summed E-state index contributed by atoms with van der Waals surface area (Å²) in [6.45, 7) is 0. The highest BCUT2D eigenvalue weighted by Crippen LogP contribution is 2.40. The number of aryl methyl sites for hydroxylation is 1. The maximum atomic E-state index is 15.2. The van der Waals surface area contributed by atoms with Crippen LogP contribution in [0.15, 0.2) is 61.2 Å². The van der Waals surface area contributed by atoms with Gasteiger partial charge in [-0.3, -0.25) is 9.59 Å². The molecule has 0 bridgehead atoms. The largest absolute Gasteiger partial charge is 0.334 e. The van der Waals surface area contributed by atoms with E-state index in [9.17, 15) is 9.59 Å². The Labute approximate surface area is 221 Å². The third kappa shape index (κ3) is 4.14. The molecule has 2 aromatic carbocycles. The van der Waals surface area contributed by atoms with Gasteiger partial charge < -0.3 is 14.8 Å². The Bertz CT molecular complexity index is 1560. The number of amides is 2. The molecule has 2 aromatic heterocycles. The SMILES string of the molecule is Cn1ccnc1-c1ccc(NC(=O)[C@@H]2CCC3CC(c4c(-n5cnnn5)ccc(Cl)c4F)=CC(=O)N32)cc1. The number of hydrogen-bond acceptors (Lipinski definition) is 6. The van der Waals surface area contributed by atoms with E-state index >= 15 is 4.39 Å². The van der Waals surface area contributed by atoms with Gasteiger partial charge in [0.05, 0.1) is 10.7 Å². The van der Waals surface area contributed by atoms with Crippen LogP contribution >= 0.6 is 11.6 Å². The van der Waals surface area contributed by atoms with Crippen molar-refractivity contribution in [1.29, 1.82) is 0 Å². The van der Waals surface area contributed by atoms with E-state index < -0.39 is 11.9 Å². The molecule has 4 aromatic rings. The molecule has 2 aliphatic heterocycles. The number of halogens is 2. The molecule has 4 heterocycles. The zero-order valence-electron chi connectivity index (χ0n) is 20.3. The van der Waals surface area contributed by atoms with Crippen LogP contribution in [0, 0.1) is 5.82 Å². The molecule has 0 aliphatic carbocycles. The number of tetrazole rings is 1. The van der Waals surface area contributed by atoms with Crippen molar-refractivity contribution in [3.63, 3.8) is 0 Å². The molecule has 192 valence electrons. The van der Waals surface area contributed by atoms with Crippen molar-refractivity contribution in [3.05, 3.63) is 77.6 Å². The van der Waals surface area contributed by atoms with Crippen LogP contribution in [0.1, 0.15) is 24.8 Å². The molecule has 2 atom stereocenters. The summed E-state index contributed by atoms with van der Waals surface area (Å²) in [4.78, 5) is 32.4. The Morgan fingerprint density at radius 1 is 1.16 bits per heavy atom. The summed E-state index contributed by atoms with van der Waals surface area (Å²) in [6.07, 6.45) is 7.82. The number of hydrogen-bond donors (Lipinski definition) is 1. The number of anilines is 1. The van der Waals surface area contributed by atoms with Gasteiger partial charge in [-0.2, -0.15) is 4.68 Å². The van der Waals surface area contributed by atoms with Crippen LogP contribution < -0.4 is 5.32 Å². The molecule has 1 saturated heterocycles. The normalized spacial score (nSPS) is 18.9. The van der Waals surface area contributed by atoms with Gasteiger partial charge in [-0.05, 0) is 71.7 Å². The van der Waals surface area contributed by atoms with Crippen molar-refractivity contribution in [2.24, 2.45) is 7.05 Å². The van der Waals surface area contributed by atoms with Crippen molar-refractivity contribution in [1.82, 2.24) is 34.7 Å². The van der Waals surface area contributed by atoms with Gasteiger partial charge in [0, 0.05) is 48.4 Å². The van der Waals surface area contributed by atoms with Gasteiger partial charge in [-0.15, -0.1) is 5.10 Å². The highest BCUT2D eigenvalue weighted by atomic mass is 35.5. The van der Waals surface area contributed by atoms with Crippen molar-refractivity contribution >= 4 is 34.7 Å². The summed E-state index contributed by atoms with van der Waals surface area (Å²) in [5.41, 5.74) is 2.61. The number of imidazole rings is 1. The number of carbonyl (C=O) groups excluding carboxylic acids is 2. The molecular weight excluding hydrogens is 511 g/mol. The molecule has 0 radical (unpaired) electrons. The van der Waals surface area contributed by atoms with Crippen LogP contribution in [0.4, 0.5) is 10.1 Å². The van der Waals surface area contributed by atoms with Gasteiger partial charge in [-0.25, -0.2) is 9.37 Å². The van der Waals surface area contributed by atoms with Crippen molar-refractivity contribution in [3.8, 4) is 17.1 Å². The highest BCUT2D eigenvalue weighted by Gasteiger charge is 2.43. The topological polar surface area (TPSA) is 111 Å². The minimum Gasteiger partial charge on any atom is -0.334 e. The molecule has 2 amide bonds. The number of fused-ring (bicyclic) bond motifs is 1.